The van der Waals surface area contributed by atoms with E-state index in [4.69, 9.17) is 0 Å². The lowest BCUT2D eigenvalue weighted by Gasteiger charge is -2.11. The first-order valence-corrected chi connectivity index (χ1v) is 4.94. The summed E-state index contributed by atoms with van der Waals surface area (Å²) < 4.78 is 0. The number of rotatable bonds is 2. The largest absolute Gasteiger partial charge is 0.298 e. The Morgan fingerprint density at radius 3 is 2.91 bits per heavy atom. The third-order valence-corrected chi connectivity index (χ3v) is 2.89. The Bertz CT molecular complexity index is 199. The van der Waals surface area contributed by atoms with Crippen LogP contribution in [0, 0.1) is 5.38 Å². The highest BCUT2D eigenvalue weighted by atomic mass is 32.1. The van der Waals surface area contributed by atoms with E-state index in [0.29, 0.717) is 0 Å². The molecule has 0 atom stereocenters. The summed E-state index contributed by atoms with van der Waals surface area (Å²) in [6, 6.07) is 4.18. The minimum Gasteiger partial charge on any atom is -0.298 e. The summed E-state index contributed by atoms with van der Waals surface area (Å²) in [6.07, 6.45) is 2.77. The summed E-state index contributed by atoms with van der Waals surface area (Å²) in [7, 11) is 0. The monoisotopic (exact) mass is 166 g/mol. The van der Waals surface area contributed by atoms with Crippen molar-refractivity contribution in [2.75, 3.05) is 13.1 Å². The Labute approximate surface area is 71.7 Å². The average Bonchev–Trinajstić information content (AvgIpc) is 2.60. The highest BCUT2D eigenvalue weighted by Crippen LogP contribution is 2.15. The Morgan fingerprint density at radius 2 is 2.27 bits per heavy atom. The van der Waals surface area contributed by atoms with Crippen LogP contribution in [0.1, 0.15) is 17.7 Å². The fourth-order valence-electron chi connectivity index (χ4n) is 1.52. The lowest BCUT2D eigenvalue weighted by Crippen LogP contribution is -2.17. The van der Waals surface area contributed by atoms with E-state index in [9.17, 15) is 0 Å². The summed E-state index contributed by atoms with van der Waals surface area (Å²) in [5.74, 6) is 0. The SMILES string of the molecule is [c]1ccc(CN2CCCC2)s1. The van der Waals surface area contributed by atoms with Crippen LogP contribution >= 0.6 is 11.3 Å². The van der Waals surface area contributed by atoms with E-state index in [1.165, 1.54) is 30.8 Å². The molecule has 0 saturated carbocycles. The molecule has 1 radical (unpaired) electrons. The highest BCUT2D eigenvalue weighted by molar-refractivity contribution is 7.09. The molecule has 1 fully saturated rings. The summed E-state index contributed by atoms with van der Waals surface area (Å²) in [5, 5.41) is 3.12. The lowest BCUT2D eigenvalue weighted by atomic mass is 10.4. The van der Waals surface area contributed by atoms with Crippen molar-refractivity contribution in [3.8, 4) is 0 Å². The minimum absolute atomic E-state index is 1.15. The third kappa shape index (κ3) is 1.82. The summed E-state index contributed by atoms with van der Waals surface area (Å²) in [4.78, 5) is 3.96. The van der Waals surface area contributed by atoms with Crippen LogP contribution in [0.5, 0.6) is 0 Å². The van der Waals surface area contributed by atoms with Gasteiger partial charge < -0.3 is 0 Å². The fourth-order valence-corrected chi connectivity index (χ4v) is 2.19. The van der Waals surface area contributed by atoms with Crippen LogP contribution in [-0.4, -0.2) is 18.0 Å². The standard InChI is InChI=1S/C9H12NS/c1-2-6-10(5-1)8-9-4-3-7-11-9/h3-4H,1-2,5-6,8H2. The number of thiophene rings is 1. The molecule has 0 unspecified atom stereocenters. The molecule has 2 heteroatoms. The van der Waals surface area contributed by atoms with Gasteiger partial charge in [-0.3, -0.25) is 4.90 Å². The van der Waals surface area contributed by atoms with Crippen molar-refractivity contribution in [3.05, 3.63) is 22.4 Å². The molecule has 0 amide bonds. The summed E-state index contributed by atoms with van der Waals surface area (Å²) >= 11 is 1.74. The Balaban J connectivity index is 1.90. The molecule has 1 aliphatic rings. The van der Waals surface area contributed by atoms with Gasteiger partial charge in [0.1, 0.15) is 0 Å². The van der Waals surface area contributed by atoms with Crippen LogP contribution in [0.3, 0.4) is 0 Å². The molecule has 0 bridgehead atoms. The Morgan fingerprint density at radius 1 is 1.45 bits per heavy atom. The average molecular weight is 166 g/mol. The first-order valence-electron chi connectivity index (χ1n) is 4.12. The molecule has 2 heterocycles. The summed E-state index contributed by atoms with van der Waals surface area (Å²) in [5.41, 5.74) is 0. The van der Waals surface area contributed by atoms with Crippen LogP contribution < -0.4 is 0 Å². The molecule has 2 rings (SSSR count). The van der Waals surface area contributed by atoms with Gasteiger partial charge in [0.2, 0.25) is 0 Å². The van der Waals surface area contributed by atoms with Crippen molar-refractivity contribution >= 4 is 11.3 Å². The number of hydrogen-bond acceptors (Lipinski definition) is 2. The van der Waals surface area contributed by atoms with Crippen LogP contribution in [0.25, 0.3) is 0 Å². The second-order valence-corrected chi connectivity index (χ2v) is 3.97. The first-order chi connectivity index (χ1) is 5.45. The number of hydrogen-bond donors (Lipinski definition) is 0. The van der Waals surface area contributed by atoms with Gasteiger partial charge in [-0.1, -0.05) is 0 Å². The lowest BCUT2D eigenvalue weighted by molar-refractivity contribution is 0.334. The van der Waals surface area contributed by atoms with Gasteiger partial charge in [-0.05, 0) is 38.1 Å². The van der Waals surface area contributed by atoms with Gasteiger partial charge in [-0.25, -0.2) is 0 Å². The normalized spacial score (nSPS) is 19.3. The van der Waals surface area contributed by atoms with E-state index in [1.807, 2.05) is 6.07 Å². The number of likely N-dealkylation sites (tertiary alicyclic amines) is 1. The Hall–Kier alpha value is -0.340. The van der Waals surface area contributed by atoms with Gasteiger partial charge >= 0.3 is 0 Å². The van der Waals surface area contributed by atoms with Crippen molar-refractivity contribution < 1.29 is 0 Å². The molecule has 1 saturated heterocycles. The molecule has 11 heavy (non-hydrogen) atoms. The zero-order chi connectivity index (χ0) is 7.52. The Kier molecular flexibility index (Phi) is 2.24. The summed E-state index contributed by atoms with van der Waals surface area (Å²) in [6.45, 7) is 3.73. The minimum atomic E-state index is 1.15. The molecule has 59 valence electrons. The van der Waals surface area contributed by atoms with Crippen molar-refractivity contribution in [1.29, 1.82) is 0 Å². The number of nitrogens with zero attached hydrogens (tertiary/aromatic N) is 1. The molecule has 0 spiro atoms. The van der Waals surface area contributed by atoms with Gasteiger partial charge in [-0.2, -0.15) is 0 Å². The van der Waals surface area contributed by atoms with Crippen molar-refractivity contribution in [2.24, 2.45) is 0 Å². The predicted molar refractivity (Wildman–Crippen MR) is 47.7 cm³/mol. The van der Waals surface area contributed by atoms with E-state index < -0.39 is 0 Å². The van der Waals surface area contributed by atoms with Gasteiger partial charge in [-0.15, -0.1) is 11.3 Å². The third-order valence-electron chi connectivity index (χ3n) is 2.11. The zero-order valence-corrected chi connectivity index (χ0v) is 7.36. The van der Waals surface area contributed by atoms with Gasteiger partial charge in [0.05, 0.1) is 0 Å². The maximum Gasteiger partial charge on any atom is 0.0446 e. The van der Waals surface area contributed by atoms with Crippen molar-refractivity contribution in [2.45, 2.75) is 19.4 Å². The van der Waals surface area contributed by atoms with Gasteiger partial charge in [0, 0.05) is 16.8 Å². The molecule has 0 aliphatic carbocycles. The van der Waals surface area contributed by atoms with Crippen LogP contribution in [0.15, 0.2) is 12.1 Å². The van der Waals surface area contributed by atoms with Crippen LogP contribution in [0.4, 0.5) is 0 Å². The van der Waals surface area contributed by atoms with Crippen molar-refractivity contribution in [1.82, 2.24) is 4.90 Å². The topological polar surface area (TPSA) is 3.24 Å². The molecule has 1 aromatic rings. The maximum absolute atomic E-state index is 3.12. The molecule has 1 aromatic heterocycles. The zero-order valence-electron chi connectivity index (χ0n) is 6.55. The molecule has 1 nitrogen and oxygen atoms in total. The van der Waals surface area contributed by atoms with Crippen LogP contribution in [-0.2, 0) is 6.54 Å². The molecule has 1 aliphatic heterocycles. The maximum atomic E-state index is 3.12. The molecule has 0 N–H and O–H groups in total. The van der Waals surface area contributed by atoms with Crippen molar-refractivity contribution in [3.63, 3.8) is 0 Å². The molecule has 0 aromatic carbocycles. The quantitative estimate of drug-likeness (QED) is 0.650. The smallest absolute Gasteiger partial charge is 0.0446 e. The van der Waals surface area contributed by atoms with E-state index in [2.05, 4.69) is 16.3 Å². The van der Waals surface area contributed by atoms with Gasteiger partial charge in [0.15, 0.2) is 0 Å². The van der Waals surface area contributed by atoms with E-state index in [0.717, 1.165) is 6.54 Å². The molecular weight excluding hydrogens is 154 g/mol. The fraction of sp³-hybridized carbons (Fsp3) is 0.556. The second kappa shape index (κ2) is 3.37. The predicted octanol–water partition coefficient (Wildman–Crippen LogP) is 2.14. The molecular formula is C9H12NS. The van der Waals surface area contributed by atoms with Gasteiger partial charge in [0.25, 0.3) is 0 Å². The van der Waals surface area contributed by atoms with Crippen LogP contribution in [0.2, 0.25) is 0 Å². The highest BCUT2D eigenvalue weighted by Gasteiger charge is 2.11. The van der Waals surface area contributed by atoms with E-state index in [-0.39, 0.29) is 0 Å². The second-order valence-electron chi connectivity index (χ2n) is 3.00. The van der Waals surface area contributed by atoms with E-state index in [1.54, 1.807) is 11.3 Å². The van der Waals surface area contributed by atoms with E-state index >= 15 is 0 Å². The first kappa shape index (κ1) is 7.32.